The van der Waals surface area contributed by atoms with Gasteiger partial charge in [0.2, 0.25) is 0 Å². The highest BCUT2D eigenvalue weighted by Gasteiger charge is 2.44. The molecule has 2 fully saturated rings. The molecule has 0 amide bonds. The lowest BCUT2D eigenvalue weighted by Crippen LogP contribution is -2.36. The van der Waals surface area contributed by atoms with Crippen molar-refractivity contribution < 1.29 is 5.11 Å². The SMILES string of the molecule is CCC(c1ccccc1O)N1CC2CNCC2C1C. The first kappa shape index (κ1) is 12.9. The highest BCUT2D eigenvalue weighted by molar-refractivity contribution is 5.35. The van der Waals surface area contributed by atoms with E-state index in [1.165, 1.54) is 0 Å². The molecule has 0 radical (unpaired) electrons. The molecule has 19 heavy (non-hydrogen) atoms. The first-order valence-electron chi connectivity index (χ1n) is 7.46. The molecule has 0 spiro atoms. The van der Waals surface area contributed by atoms with Crippen LogP contribution >= 0.6 is 0 Å². The third kappa shape index (κ3) is 2.15. The van der Waals surface area contributed by atoms with E-state index in [-0.39, 0.29) is 0 Å². The Kier molecular flexibility index (Phi) is 3.50. The summed E-state index contributed by atoms with van der Waals surface area (Å²) in [6.07, 6.45) is 1.05. The standard InChI is InChI=1S/C16H24N2O/c1-3-15(13-6-4-5-7-16(13)19)18-10-12-8-17-9-14(12)11(18)2/h4-7,11-12,14-15,17,19H,3,8-10H2,1-2H3. The van der Waals surface area contributed by atoms with Crippen LogP contribution in [0.4, 0.5) is 0 Å². The van der Waals surface area contributed by atoms with Crippen molar-refractivity contribution in [2.24, 2.45) is 11.8 Å². The van der Waals surface area contributed by atoms with Gasteiger partial charge in [-0.05, 0) is 44.3 Å². The smallest absolute Gasteiger partial charge is 0.120 e. The number of nitrogens with zero attached hydrogens (tertiary/aromatic N) is 1. The molecule has 2 saturated heterocycles. The minimum atomic E-state index is 0.349. The molecule has 2 N–H and O–H groups in total. The molecular weight excluding hydrogens is 236 g/mol. The molecule has 3 rings (SSSR count). The van der Waals surface area contributed by atoms with Gasteiger partial charge in [0, 0.05) is 24.2 Å². The monoisotopic (exact) mass is 260 g/mol. The number of fused-ring (bicyclic) bond motifs is 1. The average molecular weight is 260 g/mol. The van der Waals surface area contributed by atoms with Gasteiger partial charge in [-0.3, -0.25) is 4.90 Å². The summed E-state index contributed by atoms with van der Waals surface area (Å²) in [5.74, 6) is 2.01. The number of benzene rings is 1. The van der Waals surface area contributed by atoms with Crippen LogP contribution in [-0.2, 0) is 0 Å². The van der Waals surface area contributed by atoms with Gasteiger partial charge in [0.1, 0.15) is 5.75 Å². The summed E-state index contributed by atoms with van der Waals surface area (Å²) in [5, 5.41) is 13.6. The Morgan fingerprint density at radius 1 is 1.37 bits per heavy atom. The van der Waals surface area contributed by atoms with Gasteiger partial charge in [-0.25, -0.2) is 0 Å². The highest BCUT2D eigenvalue weighted by atomic mass is 16.3. The van der Waals surface area contributed by atoms with Crippen LogP contribution in [0.2, 0.25) is 0 Å². The van der Waals surface area contributed by atoms with Gasteiger partial charge in [0.25, 0.3) is 0 Å². The molecule has 2 aliphatic heterocycles. The van der Waals surface area contributed by atoms with Crippen molar-refractivity contribution in [2.45, 2.75) is 32.4 Å². The molecule has 0 bridgehead atoms. The maximum Gasteiger partial charge on any atom is 0.120 e. The summed E-state index contributed by atoms with van der Waals surface area (Å²) >= 11 is 0. The van der Waals surface area contributed by atoms with E-state index >= 15 is 0 Å². The molecule has 0 aliphatic carbocycles. The molecule has 2 heterocycles. The van der Waals surface area contributed by atoms with Crippen LogP contribution in [0.5, 0.6) is 5.75 Å². The Balaban J connectivity index is 1.86. The van der Waals surface area contributed by atoms with Crippen molar-refractivity contribution >= 4 is 0 Å². The van der Waals surface area contributed by atoms with Crippen LogP contribution in [0.1, 0.15) is 31.9 Å². The van der Waals surface area contributed by atoms with Gasteiger partial charge >= 0.3 is 0 Å². The lowest BCUT2D eigenvalue weighted by molar-refractivity contribution is 0.163. The lowest BCUT2D eigenvalue weighted by Gasteiger charge is -2.33. The van der Waals surface area contributed by atoms with E-state index < -0.39 is 0 Å². The van der Waals surface area contributed by atoms with Crippen LogP contribution in [0.15, 0.2) is 24.3 Å². The van der Waals surface area contributed by atoms with Crippen molar-refractivity contribution in [1.82, 2.24) is 10.2 Å². The molecule has 3 nitrogen and oxygen atoms in total. The number of hydrogen-bond acceptors (Lipinski definition) is 3. The fraction of sp³-hybridized carbons (Fsp3) is 0.625. The molecule has 3 heteroatoms. The molecule has 2 aliphatic rings. The zero-order chi connectivity index (χ0) is 13.4. The largest absolute Gasteiger partial charge is 0.508 e. The van der Waals surface area contributed by atoms with Crippen molar-refractivity contribution in [1.29, 1.82) is 0 Å². The number of rotatable bonds is 3. The Hall–Kier alpha value is -1.06. The van der Waals surface area contributed by atoms with Crippen LogP contribution in [0, 0.1) is 11.8 Å². The van der Waals surface area contributed by atoms with Crippen molar-refractivity contribution in [3.05, 3.63) is 29.8 Å². The normalized spacial score (nSPS) is 32.4. The minimum Gasteiger partial charge on any atom is -0.508 e. The first-order valence-corrected chi connectivity index (χ1v) is 7.46. The quantitative estimate of drug-likeness (QED) is 0.876. The molecule has 104 valence electrons. The van der Waals surface area contributed by atoms with Crippen molar-refractivity contribution in [3.63, 3.8) is 0 Å². The van der Waals surface area contributed by atoms with E-state index in [4.69, 9.17) is 0 Å². The lowest BCUT2D eigenvalue weighted by atomic mass is 9.95. The van der Waals surface area contributed by atoms with Gasteiger partial charge < -0.3 is 10.4 Å². The molecule has 1 aromatic carbocycles. The summed E-state index contributed by atoms with van der Waals surface area (Å²) in [6.45, 7) is 8.03. The van der Waals surface area contributed by atoms with E-state index in [9.17, 15) is 5.11 Å². The summed E-state index contributed by atoms with van der Waals surface area (Å²) in [6, 6.07) is 8.76. The summed E-state index contributed by atoms with van der Waals surface area (Å²) < 4.78 is 0. The zero-order valence-corrected chi connectivity index (χ0v) is 11.8. The fourth-order valence-corrected chi connectivity index (χ4v) is 4.01. The zero-order valence-electron chi connectivity index (χ0n) is 11.8. The Labute approximate surface area is 115 Å². The second-order valence-electron chi connectivity index (χ2n) is 6.00. The molecule has 1 aromatic rings. The Morgan fingerprint density at radius 3 is 2.84 bits per heavy atom. The maximum absolute atomic E-state index is 10.1. The maximum atomic E-state index is 10.1. The van der Waals surface area contributed by atoms with Crippen LogP contribution in [0.25, 0.3) is 0 Å². The highest BCUT2D eigenvalue weighted by Crippen LogP contribution is 2.41. The summed E-state index contributed by atoms with van der Waals surface area (Å²) in [4.78, 5) is 2.60. The van der Waals surface area contributed by atoms with Gasteiger partial charge in [0.05, 0.1) is 0 Å². The second-order valence-corrected chi connectivity index (χ2v) is 6.00. The predicted octanol–water partition coefficient (Wildman–Crippen LogP) is 2.38. The Bertz CT molecular complexity index is 448. The van der Waals surface area contributed by atoms with E-state index in [1.54, 1.807) is 6.07 Å². The number of likely N-dealkylation sites (tertiary alicyclic amines) is 1. The van der Waals surface area contributed by atoms with Gasteiger partial charge in [-0.2, -0.15) is 0 Å². The van der Waals surface area contributed by atoms with Crippen molar-refractivity contribution in [3.8, 4) is 5.75 Å². The van der Waals surface area contributed by atoms with E-state index in [1.807, 2.05) is 12.1 Å². The number of aromatic hydroxyl groups is 1. The van der Waals surface area contributed by atoms with Crippen LogP contribution in [0.3, 0.4) is 0 Å². The van der Waals surface area contributed by atoms with Gasteiger partial charge in [-0.1, -0.05) is 25.1 Å². The summed E-state index contributed by atoms with van der Waals surface area (Å²) in [7, 11) is 0. The Morgan fingerprint density at radius 2 is 2.16 bits per heavy atom. The first-order chi connectivity index (χ1) is 9.22. The molecule has 4 unspecified atom stereocenters. The third-order valence-electron chi connectivity index (χ3n) is 5.06. The number of phenolic OH excluding ortho intramolecular Hbond substituents is 1. The van der Waals surface area contributed by atoms with E-state index in [0.29, 0.717) is 17.8 Å². The topological polar surface area (TPSA) is 35.5 Å². The fourth-order valence-electron chi connectivity index (χ4n) is 4.01. The number of nitrogens with one attached hydrogen (secondary N) is 1. The molecule has 0 saturated carbocycles. The minimum absolute atomic E-state index is 0.349. The summed E-state index contributed by atoms with van der Waals surface area (Å²) in [5.41, 5.74) is 1.09. The average Bonchev–Trinajstić information content (AvgIpc) is 2.97. The van der Waals surface area contributed by atoms with Crippen molar-refractivity contribution in [2.75, 3.05) is 19.6 Å². The predicted molar refractivity (Wildman–Crippen MR) is 77.2 cm³/mol. The van der Waals surface area contributed by atoms with Crippen LogP contribution < -0.4 is 5.32 Å². The number of hydrogen-bond donors (Lipinski definition) is 2. The van der Waals surface area contributed by atoms with E-state index in [0.717, 1.165) is 43.5 Å². The van der Waals surface area contributed by atoms with Gasteiger partial charge in [-0.15, -0.1) is 0 Å². The second kappa shape index (κ2) is 5.14. The molecule has 4 atom stereocenters. The third-order valence-corrected chi connectivity index (χ3v) is 5.06. The number of phenols is 1. The van der Waals surface area contributed by atoms with Gasteiger partial charge in [0.15, 0.2) is 0 Å². The molecular formula is C16H24N2O. The van der Waals surface area contributed by atoms with E-state index in [2.05, 4.69) is 30.1 Å². The number of para-hydroxylation sites is 1. The molecule has 0 aromatic heterocycles. The van der Waals surface area contributed by atoms with Crippen LogP contribution in [-0.4, -0.2) is 35.7 Å².